The summed E-state index contributed by atoms with van der Waals surface area (Å²) in [6, 6.07) is 1.72. The Morgan fingerprint density at radius 2 is 2.13 bits per heavy atom. The van der Waals surface area contributed by atoms with Crippen molar-refractivity contribution >= 4 is 17.3 Å². The van der Waals surface area contributed by atoms with Crippen LogP contribution in [0.4, 0.5) is 0 Å². The maximum absolute atomic E-state index is 10.4. The number of thiazole rings is 1. The van der Waals surface area contributed by atoms with Gasteiger partial charge in [-0.25, -0.2) is 15.0 Å². The summed E-state index contributed by atoms with van der Waals surface area (Å²) in [6.07, 6.45) is 3.19. The number of carboxylic acid groups (broad SMARTS) is 1. The van der Waals surface area contributed by atoms with Crippen LogP contribution in [0.1, 0.15) is 5.69 Å². The highest BCUT2D eigenvalue weighted by molar-refractivity contribution is 7.13. The molecule has 2 rings (SSSR count). The fraction of sp³-hybridized carbons (Fsp3) is 0.111. The first-order chi connectivity index (χ1) is 7.25. The Kier molecular flexibility index (Phi) is 2.68. The summed E-state index contributed by atoms with van der Waals surface area (Å²) in [5.41, 5.74) is 0.537. The second-order valence-corrected chi connectivity index (χ2v) is 3.65. The minimum absolute atomic E-state index is 0.0661. The van der Waals surface area contributed by atoms with Crippen LogP contribution in [-0.2, 0) is 11.2 Å². The van der Waals surface area contributed by atoms with Gasteiger partial charge in [-0.05, 0) is 6.07 Å². The molecule has 2 heterocycles. The van der Waals surface area contributed by atoms with Crippen molar-refractivity contribution in [2.45, 2.75) is 6.42 Å². The highest BCUT2D eigenvalue weighted by Gasteiger charge is 2.08. The van der Waals surface area contributed by atoms with E-state index in [1.54, 1.807) is 23.8 Å². The van der Waals surface area contributed by atoms with Crippen LogP contribution in [0.3, 0.4) is 0 Å². The summed E-state index contributed by atoms with van der Waals surface area (Å²) in [6.45, 7) is 0. The van der Waals surface area contributed by atoms with Gasteiger partial charge in [0.05, 0.1) is 12.1 Å². The molecule has 2 aromatic heterocycles. The van der Waals surface area contributed by atoms with Crippen LogP contribution < -0.4 is 0 Å². The average molecular weight is 221 g/mol. The molecule has 0 aliphatic heterocycles. The SMILES string of the molecule is O=C(O)Cc1csc(-c2ncccn2)n1. The molecule has 0 fully saturated rings. The molecule has 0 unspecified atom stereocenters. The van der Waals surface area contributed by atoms with E-state index >= 15 is 0 Å². The van der Waals surface area contributed by atoms with Crippen molar-refractivity contribution in [3.05, 3.63) is 29.5 Å². The highest BCUT2D eigenvalue weighted by atomic mass is 32.1. The maximum atomic E-state index is 10.4. The molecule has 1 N–H and O–H groups in total. The molecule has 0 spiro atoms. The van der Waals surface area contributed by atoms with E-state index in [4.69, 9.17) is 5.11 Å². The molecule has 0 bridgehead atoms. The monoisotopic (exact) mass is 221 g/mol. The predicted molar refractivity (Wildman–Crippen MR) is 54.5 cm³/mol. The zero-order valence-corrected chi connectivity index (χ0v) is 8.44. The molecule has 0 saturated heterocycles. The quantitative estimate of drug-likeness (QED) is 0.843. The number of carboxylic acids is 1. The Morgan fingerprint density at radius 3 is 2.80 bits per heavy atom. The molecule has 5 nitrogen and oxygen atoms in total. The molecule has 15 heavy (non-hydrogen) atoms. The van der Waals surface area contributed by atoms with Crippen LogP contribution in [0.15, 0.2) is 23.8 Å². The van der Waals surface area contributed by atoms with E-state index in [0.717, 1.165) is 0 Å². The third-order valence-electron chi connectivity index (χ3n) is 1.64. The van der Waals surface area contributed by atoms with Crippen LogP contribution in [0.5, 0.6) is 0 Å². The van der Waals surface area contributed by atoms with E-state index < -0.39 is 5.97 Å². The van der Waals surface area contributed by atoms with Crippen molar-refractivity contribution in [1.82, 2.24) is 15.0 Å². The fourth-order valence-electron chi connectivity index (χ4n) is 1.06. The van der Waals surface area contributed by atoms with E-state index in [2.05, 4.69) is 15.0 Å². The van der Waals surface area contributed by atoms with E-state index in [-0.39, 0.29) is 6.42 Å². The Labute approximate surface area is 89.5 Å². The number of hydrogen-bond acceptors (Lipinski definition) is 5. The molecule has 76 valence electrons. The Morgan fingerprint density at radius 1 is 1.40 bits per heavy atom. The van der Waals surface area contributed by atoms with E-state index in [0.29, 0.717) is 16.5 Å². The first-order valence-electron chi connectivity index (χ1n) is 4.19. The number of nitrogens with zero attached hydrogens (tertiary/aromatic N) is 3. The van der Waals surface area contributed by atoms with Crippen molar-refractivity contribution in [2.75, 3.05) is 0 Å². The molecular formula is C9H7N3O2S. The van der Waals surface area contributed by atoms with Crippen LogP contribution in [0, 0.1) is 0 Å². The van der Waals surface area contributed by atoms with Gasteiger partial charge in [0.2, 0.25) is 0 Å². The lowest BCUT2D eigenvalue weighted by atomic mass is 10.3. The maximum Gasteiger partial charge on any atom is 0.309 e. The summed E-state index contributed by atoms with van der Waals surface area (Å²) in [4.78, 5) is 22.6. The topological polar surface area (TPSA) is 76.0 Å². The standard InChI is InChI=1S/C9H7N3O2S/c13-7(14)4-6-5-15-9(12-6)8-10-2-1-3-11-8/h1-3,5H,4H2,(H,13,14). The van der Waals surface area contributed by atoms with Gasteiger partial charge in [-0.3, -0.25) is 4.79 Å². The van der Waals surface area contributed by atoms with Crippen molar-refractivity contribution in [3.8, 4) is 10.8 Å². The lowest BCUT2D eigenvalue weighted by molar-refractivity contribution is -0.136. The minimum atomic E-state index is -0.888. The predicted octanol–water partition coefficient (Wildman–Crippen LogP) is 1.23. The summed E-state index contributed by atoms with van der Waals surface area (Å²) in [7, 11) is 0. The van der Waals surface area contributed by atoms with Crippen LogP contribution in [0.2, 0.25) is 0 Å². The van der Waals surface area contributed by atoms with Crippen molar-refractivity contribution < 1.29 is 9.90 Å². The van der Waals surface area contributed by atoms with E-state index in [1.807, 2.05) is 0 Å². The molecule has 0 aliphatic carbocycles. The Balaban J connectivity index is 2.24. The molecule has 2 aromatic rings. The van der Waals surface area contributed by atoms with Gasteiger partial charge < -0.3 is 5.11 Å². The summed E-state index contributed by atoms with van der Waals surface area (Å²) < 4.78 is 0. The van der Waals surface area contributed by atoms with Gasteiger partial charge in [0.15, 0.2) is 10.8 Å². The second kappa shape index (κ2) is 4.14. The lowest BCUT2D eigenvalue weighted by Gasteiger charge is -1.91. The Hall–Kier alpha value is -1.82. The number of rotatable bonds is 3. The van der Waals surface area contributed by atoms with Crippen molar-refractivity contribution in [2.24, 2.45) is 0 Å². The van der Waals surface area contributed by atoms with Gasteiger partial charge in [-0.2, -0.15) is 0 Å². The van der Waals surface area contributed by atoms with Gasteiger partial charge >= 0.3 is 5.97 Å². The molecule has 0 atom stereocenters. The van der Waals surface area contributed by atoms with E-state index in [1.165, 1.54) is 11.3 Å². The third-order valence-corrected chi connectivity index (χ3v) is 2.53. The summed E-state index contributed by atoms with van der Waals surface area (Å²) in [5.74, 6) is -0.361. The first-order valence-corrected chi connectivity index (χ1v) is 5.07. The second-order valence-electron chi connectivity index (χ2n) is 2.79. The molecule has 0 radical (unpaired) electrons. The largest absolute Gasteiger partial charge is 0.481 e. The normalized spacial score (nSPS) is 10.1. The van der Waals surface area contributed by atoms with Gasteiger partial charge in [0.25, 0.3) is 0 Å². The summed E-state index contributed by atoms with van der Waals surface area (Å²) >= 11 is 1.35. The zero-order chi connectivity index (χ0) is 10.7. The number of aliphatic carboxylic acids is 1. The number of hydrogen-bond donors (Lipinski definition) is 1. The fourth-order valence-corrected chi connectivity index (χ4v) is 1.82. The van der Waals surface area contributed by atoms with Gasteiger partial charge in [0, 0.05) is 17.8 Å². The van der Waals surface area contributed by atoms with Gasteiger partial charge in [-0.1, -0.05) is 0 Å². The van der Waals surface area contributed by atoms with Gasteiger partial charge in [-0.15, -0.1) is 11.3 Å². The van der Waals surface area contributed by atoms with Crippen molar-refractivity contribution in [1.29, 1.82) is 0 Å². The third kappa shape index (κ3) is 2.35. The van der Waals surface area contributed by atoms with Crippen LogP contribution in [-0.4, -0.2) is 26.0 Å². The van der Waals surface area contributed by atoms with Crippen molar-refractivity contribution in [3.63, 3.8) is 0 Å². The molecule has 0 amide bonds. The smallest absolute Gasteiger partial charge is 0.309 e. The van der Waals surface area contributed by atoms with E-state index in [9.17, 15) is 4.79 Å². The number of carbonyl (C=O) groups is 1. The number of aromatic nitrogens is 3. The Bertz CT molecular complexity index is 469. The van der Waals surface area contributed by atoms with Gasteiger partial charge in [0.1, 0.15) is 0 Å². The molecule has 0 aromatic carbocycles. The zero-order valence-electron chi connectivity index (χ0n) is 7.62. The first kappa shape index (κ1) is 9.72. The molecule has 0 aliphatic rings. The molecule has 6 heteroatoms. The summed E-state index contributed by atoms with van der Waals surface area (Å²) in [5, 5.41) is 10.9. The lowest BCUT2D eigenvalue weighted by Crippen LogP contribution is -2.00. The average Bonchev–Trinajstić information content (AvgIpc) is 2.67. The van der Waals surface area contributed by atoms with Crippen LogP contribution >= 0.6 is 11.3 Å². The van der Waals surface area contributed by atoms with Crippen LogP contribution in [0.25, 0.3) is 10.8 Å². The minimum Gasteiger partial charge on any atom is -0.481 e. The molecular weight excluding hydrogens is 214 g/mol. The molecule has 0 saturated carbocycles. The highest BCUT2D eigenvalue weighted by Crippen LogP contribution is 2.19.